The van der Waals surface area contributed by atoms with E-state index in [1.807, 2.05) is 7.05 Å². The molecule has 2 aromatic rings. The molecule has 8 nitrogen and oxygen atoms in total. The van der Waals surface area contributed by atoms with Crippen LogP contribution in [0, 0.1) is 0 Å². The van der Waals surface area contributed by atoms with Crippen LogP contribution >= 0.6 is 11.6 Å². The number of benzene rings is 1. The largest absolute Gasteiger partial charge is 0.496 e. The second-order valence-electron chi connectivity index (χ2n) is 3.53. The summed E-state index contributed by atoms with van der Waals surface area (Å²) >= 11 is 5.91. The average Bonchev–Trinajstić information content (AvgIpc) is 2.73. The van der Waals surface area contributed by atoms with Gasteiger partial charge in [0.25, 0.3) is 0 Å². The van der Waals surface area contributed by atoms with E-state index in [1.165, 1.54) is 0 Å². The Labute approximate surface area is 120 Å². The molecule has 0 radical (unpaired) electrons. The molecule has 0 fully saturated rings. The first kappa shape index (κ1) is 16.4. The molecule has 0 aliphatic heterocycles. The average molecular weight is 322 g/mol. The SMILES string of the molecule is COc1ccc(Cl)cc1-c1ncn(C)n1.O=S(=O)(O)O. The second-order valence-corrected chi connectivity index (χ2v) is 4.87. The van der Waals surface area contributed by atoms with Gasteiger partial charge < -0.3 is 4.74 Å². The topological polar surface area (TPSA) is 115 Å². The van der Waals surface area contributed by atoms with E-state index in [1.54, 1.807) is 36.3 Å². The van der Waals surface area contributed by atoms with Crippen LogP contribution in [0.15, 0.2) is 24.5 Å². The standard InChI is InChI=1S/C10H10ClN3O.H2O4S/c1-14-6-12-10(13-14)8-5-7(11)3-4-9(8)15-2;1-5(2,3)4/h3-6H,1-2H3;(H2,1,2,3,4). The van der Waals surface area contributed by atoms with Crippen molar-refractivity contribution in [2.24, 2.45) is 7.05 Å². The van der Waals surface area contributed by atoms with Crippen LogP contribution in [0.5, 0.6) is 5.75 Å². The Hall–Kier alpha value is -1.68. The van der Waals surface area contributed by atoms with Gasteiger partial charge in [-0.05, 0) is 18.2 Å². The molecule has 1 heterocycles. The van der Waals surface area contributed by atoms with Gasteiger partial charge in [-0.1, -0.05) is 11.6 Å². The summed E-state index contributed by atoms with van der Waals surface area (Å²) < 4.78 is 38.4. The van der Waals surface area contributed by atoms with Crippen LogP contribution < -0.4 is 4.74 Å². The predicted molar refractivity (Wildman–Crippen MR) is 72.2 cm³/mol. The highest BCUT2D eigenvalue weighted by atomic mass is 35.5. The van der Waals surface area contributed by atoms with Gasteiger partial charge in [-0.15, -0.1) is 0 Å². The molecular formula is C10H12ClN3O5S. The third-order valence-corrected chi connectivity index (χ3v) is 2.24. The van der Waals surface area contributed by atoms with Crippen LogP contribution in [-0.2, 0) is 17.4 Å². The number of nitrogens with zero attached hydrogens (tertiary/aromatic N) is 3. The molecule has 2 rings (SSSR count). The van der Waals surface area contributed by atoms with Crippen LogP contribution in [0.4, 0.5) is 0 Å². The van der Waals surface area contributed by atoms with Gasteiger partial charge in [0.15, 0.2) is 5.82 Å². The van der Waals surface area contributed by atoms with E-state index in [0.717, 1.165) is 5.56 Å². The monoisotopic (exact) mass is 321 g/mol. The lowest BCUT2D eigenvalue weighted by Gasteiger charge is -2.05. The molecule has 0 aliphatic carbocycles. The van der Waals surface area contributed by atoms with Crippen molar-refractivity contribution in [2.75, 3.05) is 7.11 Å². The lowest BCUT2D eigenvalue weighted by molar-refractivity contribution is 0.381. The van der Waals surface area contributed by atoms with E-state index < -0.39 is 10.4 Å². The number of rotatable bonds is 2. The van der Waals surface area contributed by atoms with Crippen LogP contribution in [0.1, 0.15) is 0 Å². The fourth-order valence-electron chi connectivity index (χ4n) is 1.32. The van der Waals surface area contributed by atoms with Crippen molar-refractivity contribution in [3.63, 3.8) is 0 Å². The summed E-state index contributed by atoms with van der Waals surface area (Å²) in [5.74, 6) is 1.32. The molecule has 110 valence electrons. The molecule has 20 heavy (non-hydrogen) atoms. The molecule has 1 aromatic heterocycles. The van der Waals surface area contributed by atoms with E-state index in [9.17, 15) is 0 Å². The lowest BCUT2D eigenvalue weighted by Crippen LogP contribution is -1.91. The number of methoxy groups -OCH3 is 1. The first-order chi connectivity index (χ1) is 9.20. The summed E-state index contributed by atoms with van der Waals surface area (Å²) in [4.78, 5) is 4.15. The van der Waals surface area contributed by atoms with Gasteiger partial charge in [-0.2, -0.15) is 13.5 Å². The van der Waals surface area contributed by atoms with E-state index in [4.69, 9.17) is 33.9 Å². The smallest absolute Gasteiger partial charge is 0.394 e. The van der Waals surface area contributed by atoms with E-state index in [2.05, 4.69) is 10.1 Å². The van der Waals surface area contributed by atoms with Crippen molar-refractivity contribution in [2.45, 2.75) is 0 Å². The zero-order chi connectivity index (χ0) is 15.3. The highest BCUT2D eigenvalue weighted by Gasteiger charge is 2.10. The number of aromatic nitrogens is 3. The molecule has 10 heteroatoms. The number of halogens is 1. The minimum Gasteiger partial charge on any atom is -0.496 e. The Bertz CT molecular complexity index is 678. The van der Waals surface area contributed by atoms with Gasteiger partial charge in [0, 0.05) is 12.1 Å². The van der Waals surface area contributed by atoms with Gasteiger partial charge in [0.2, 0.25) is 0 Å². The van der Waals surface area contributed by atoms with E-state index in [-0.39, 0.29) is 0 Å². The Morgan fingerprint density at radius 2 is 1.95 bits per heavy atom. The van der Waals surface area contributed by atoms with Gasteiger partial charge in [-0.3, -0.25) is 13.8 Å². The quantitative estimate of drug-likeness (QED) is 0.805. The highest BCUT2D eigenvalue weighted by molar-refractivity contribution is 7.79. The maximum atomic E-state index is 8.74. The Morgan fingerprint density at radius 3 is 2.40 bits per heavy atom. The molecule has 0 spiro atoms. The van der Waals surface area contributed by atoms with Gasteiger partial charge in [0.05, 0.1) is 12.7 Å². The molecule has 0 saturated heterocycles. The number of aryl methyl sites for hydroxylation is 1. The van der Waals surface area contributed by atoms with Crippen LogP contribution in [0.2, 0.25) is 5.02 Å². The molecule has 2 N–H and O–H groups in total. The first-order valence-corrected chi connectivity index (χ1v) is 6.87. The summed E-state index contributed by atoms with van der Waals surface area (Å²) in [5, 5.41) is 4.83. The lowest BCUT2D eigenvalue weighted by atomic mass is 10.2. The fraction of sp³-hybridized carbons (Fsp3) is 0.200. The van der Waals surface area contributed by atoms with E-state index >= 15 is 0 Å². The Balaban J connectivity index is 0.000000347. The highest BCUT2D eigenvalue weighted by Crippen LogP contribution is 2.29. The summed E-state index contributed by atoms with van der Waals surface area (Å²) in [5.41, 5.74) is 0.797. The van der Waals surface area contributed by atoms with E-state index in [0.29, 0.717) is 16.6 Å². The van der Waals surface area contributed by atoms with Crippen molar-refractivity contribution in [3.05, 3.63) is 29.5 Å². The molecule has 0 aliphatic rings. The minimum absolute atomic E-state index is 0.608. The number of hydrogen-bond donors (Lipinski definition) is 2. The van der Waals surface area contributed by atoms with Crippen LogP contribution in [-0.4, -0.2) is 39.4 Å². The Kier molecular flexibility index (Phi) is 5.45. The summed E-state index contributed by atoms with van der Waals surface area (Å²) in [6.07, 6.45) is 1.63. The molecule has 1 aromatic carbocycles. The third kappa shape index (κ3) is 5.53. The summed E-state index contributed by atoms with van der Waals surface area (Å²) in [6.45, 7) is 0. The summed E-state index contributed by atoms with van der Waals surface area (Å²) in [7, 11) is -1.25. The third-order valence-electron chi connectivity index (χ3n) is 2.00. The first-order valence-electron chi connectivity index (χ1n) is 5.10. The minimum atomic E-state index is -4.67. The zero-order valence-corrected chi connectivity index (χ0v) is 12.1. The van der Waals surface area contributed by atoms with Crippen LogP contribution in [0.25, 0.3) is 11.4 Å². The molecule has 0 saturated carbocycles. The second kappa shape index (κ2) is 6.66. The molecule has 0 bridgehead atoms. The normalized spacial score (nSPS) is 10.7. The maximum absolute atomic E-state index is 8.74. The number of ether oxygens (including phenoxy) is 1. The molecule has 0 amide bonds. The molecule has 0 unspecified atom stereocenters. The maximum Gasteiger partial charge on any atom is 0.394 e. The van der Waals surface area contributed by atoms with Crippen LogP contribution in [0.3, 0.4) is 0 Å². The van der Waals surface area contributed by atoms with Crippen molar-refractivity contribution in [3.8, 4) is 17.1 Å². The Morgan fingerprint density at radius 1 is 1.35 bits per heavy atom. The molecule has 0 atom stereocenters. The van der Waals surface area contributed by atoms with Gasteiger partial charge >= 0.3 is 10.4 Å². The number of hydrogen-bond acceptors (Lipinski definition) is 5. The molecular weight excluding hydrogens is 310 g/mol. The van der Waals surface area contributed by atoms with Gasteiger partial charge in [0.1, 0.15) is 12.1 Å². The van der Waals surface area contributed by atoms with Gasteiger partial charge in [-0.25, -0.2) is 4.98 Å². The van der Waals surface area contributed by atoms with Crippen molar-refractivity contribution < 1.29 is 22.3 Å². The van der Waals surface area contributed by atoms with Crippen molar-refractivity contribution in [1.29, 1.82) is 0 Å². The van der Waals surface area contributed by atoms with Crippen molar-refractivity contribution >= 4 is 22.0 Å². The predicted octanol–water partition coefficient (Wildman–Crippen LogP) is 1.49. The fourth-order valence-corrected chi connectivity index (χ4v) is 1.49. The summed E-state index contributed by atoms with van der Waals surface area (Å²) in [6, 6.07) is 5.36. The zero-order valence-electron chi connectivity index (χ0n) is 10.6. The van der Waals surface area contributed by atoms with Crippen molar-refractivity contribution in [1.82, 2.24) is 14.8 Å².